The molecular formula is C15H28S14. The first kappa shape index (κ1) is 30.1. The van der Waals surface area contributed by atoms with Crippen molar-refractivity contribution in [2.24, 2.45) is 0 Å². The van der Waals surface area contributed by atoms with Crippen LogP contribution >= 0.6 is 168 Å². The molecular weight excluding hydrogens is 629 g/mol. The molecule has 14 heteroatoms. The molecule has 29 heavy (non-hydrogen) atoms. The van der Waals surface area contributed by atoms with Gasteiger partial charge in [0.15, 0.2) is 0 Å². The van der Waals surface area contributed by atoms with Gasteiger partial charge in [0.05, 0.1) is 26.2 Å². The summed E-state index contributed by atoms with van der Waals surface area (Å²) in [5.41, 5.74) is 0. The zero-order valence-electron chi connectivity index (χ0n) is 15.7. The normalized spacial score (nSPS) is 29.3. The molecule has 0 aliphatic carbocycles. The van der Waals surface area contributed by atoms with Gasteiger partial charge >= 0.3 is 0 Å². The highest BCUT2D eigenvalue weighted by atomic mass is 32.3. The summed E-state index contributed by atoms with van der Waals surface area (Å²) in [4.78, 5) is 0. The van der Waals surface area contributed by atoms with Gasteiger partial charge in [-0.1, -0.05) is 0 Å². The summed E-state index contributed by atoms with van der Waals surface area (Å²) in [6, 6.07) is 0. The Bertz CT molecular complexity index is 376. The zero-order chi connectivity index (χ0) is 20.9. The fourth-order valence-corrected chi connectivity index (χ4v) is 23.3. The summed E-state index contributed by atoms with van der Waals surface area (Å²) in [7, 11) is 0. The summed E-state index contributed by atoms with van der Waals surface area (Å²) in [5.74, 6) is 2.56. The van der Waals surface area contributed by atoms with E-state index in [-0.39, 0.29) is 0 Å². The first-order chi connectivity index (χ1) is 14.2. The summed E-state index contributed by atoms with van der Waals surface area (Å²) in [6.45, 7) is 0. The first-order valence-electron chi connectivity index (χ1n) is 8.93. The molecule has 0 radical (unpaired) electrons. The van der Waals surface area contributed by atoms with Crippen LogP contribution in [-0.4, -0.2) is 58.0 Å². The topological polar surface area (TPSA) is 0 Å². The third-order valence-corrected chi connectivity index (χ3v) is 20.1. The molecule has 0 aromatic carbocycles. The second-order valence-corrected chi connectivity index (χ2v) is 24.0. The number of thiol groups is 4. The van der Waals surface area contributed by atoms with Crippen LogP contribution in [0.1, 0.15) is 19.3 Å². The number of thioether (sulfide) groups is 10. The van der Waals surface area contributed by atoms with Gasteiger partial charge in [-0.25, -0.2) is 0 Å². The Hall–Kier alpha value is 4.90. The average Bonchev–Trinajstić information content (AvgIpc) is 2.69. The van der Waals surface area contributed by atoms with E-state index in [1.807, 2.05) is 47.0 Å². The van der Waals surface area contributed by atoms with Crippen molar-refractivity contribution in [3.8, 4) is 0 Å². The number of hydrogen-bond donors (Lipinski definition) is 4. The Balaban J connectivity index is 1.96. The standard InChI is InChI=1S/C15H28S14/c16-6-22-10-1-3-20-14(26-10)28-13(5-12(24-8-18)25-9-19)29-15-21-4-2-11(27-15)23-7-17/h10-19H,1-9H2. The Morgan fingerprint density at radius 3 is 1.59 bits per heavy atom. The van der Waals surface area contributed by atoms with Gasteiger partial charge in [-0.05, 0) is 30.8 Å². The maximum atomic E-state index is 4.48. The molecule has 2 heterocycles. The highest BCUT2D eigenvalue weighted by molar-refractivity contribution is 8.42. The van der Waals surface area contributed by atoms with Crippen molar-refractivity contribution in [1.29, 1.82) is 0 Å². The van der Waals surface area contributed by atoms with Crippen LogP contribution in [0, 0.1) is 0 Å². The predicted octanol–water partition coefficient (Wildman–Crippen LogP) is 8.94. The van der Waals surface area contributed by atoms with Gasteiger partial charge in [0.1, 0.15) is 0 Å². The molecule has 0 aromatic rings. The van der Waals surface area contributed by atoms with E-state index in [0.29, 0.717) is 26.2 Å². The molecule has 0 spiro atoms. The molecule has 0 N–H and O–H groups in total. The minimum atomic E-state index is 0.581. The summed E-state index contributed by atoms with van der Waals surface area (Å²) >= 11 is 38.8. The Morgan fingerprint density at radius 1 is 0.690 bits per heavy atom. The highest BCUT2D eigenvalue weighted by Crippen LogP contribution is 2.55. The monoisotopic (exact) mass is 656 g/mol. The quantitative estimate of drug-likeness (QED) is 0.105. The van der Waals surface area contributed by atoms with Crippen LogP contribution in [0.2, 0.25) is 0 Å². The maximum Gasteiger partial charge on any atom is 0.0978 e. The van der Waals surface area contributed by atoms with Crippen LogP contribution in [0.25, 0.3) is 0 Å². The molecule has 0 amide bonds. The van der Waals surface area contributed by atoms with E-state index in [4.69, 9.17) is 0 Å². The van der Waals surface area contributed by atoms with Crippen molar-refractivity contribution in [3.63, 3.8) is 0 Å². The molecule has 4 unspecified atom stereocenters. The van der Waals surface area contributed by atoms with Gasteiger partial charge in [-0.15, -0.1) is 118 Å². The minimum absolute atomic E-state index is 0.581. The average molecular weight is 657 g/mol. The van der Waals surface area contributed by atoms with Gasteiger partial charge in [-0.2, -0.15) is 50.5 Å². The van der Waals surface area contributed by atoms with Gasteiger partial charge in [0.25, 0.3) is 0 Å². The van der Waals surface area contributed by atoms with Gasteiger partial charge < -0.3 is 0 Å². The summed E-state index contributed by atoms with van der Waals surface area (Å²) in [5, 5.41) is 3.62. The Kier molecular flexibility index (Phi) is 19.8. The van der Waals surface area contributed by atoms with Crippen LogP contribution in [-0.2, 0) is 0 Å². The Labute approximate surface area is 242 Å². The molecule has 2 rings (SSSR count). The molecule has 0 bridgehead atoms. The van der Waals surface area contributed by atoms with Crippen LogP contribution in [0.3, 0.4) is 0 Å². The molecule has 4 atom stereocenters. The third kappa shape index (κ3) is 13.1. The fraction of sp³-hybridized carbons (Fsp3) is 1.00. The lowest BCUT2D eigenvalue weighted by molar-refractivity contribution is 1.03. The lowest BCUT2D eigenvalue weighted by Crippen LogP contribution is -2.19. The zero-order valence-corrected chi connectivity index (χ0v) is 27.4. The van der Waals surface area contributed by atoms with E-state index < -0.39 is 0 Å². The molecule has 0 aromatic heterocycles. The third-order valence-electron chi connectivity index (χ3n) is 3.69. The van der Waals surface area contributed by atoms with Crippen molar-refractivity contribution < 1.29 is 0 Å². The lowest BCUT2D eigenvalue weighted by Gasteiger charge is -2.34. The lowest BCUT2D eigenvalue weighted by atomic mass is 10.5. The molecule has 0 saturated carbocycles. The fourth-order valence-electron chi connectivity index (χ4n) is 2.44. The van der Waals surface area contributed by atoms with E-state index in [0.717, 1.165) is 20.3 Å². The van der Waals surface area contributed by atoms with Gasteiger partial charge in [-0.3, -0.25) is 0 Å². The van der Waals surface area contributed by atoms with Crippen molar-refractivity contribution in [2.75, 3.05) is 31.8 Å². The predicted molar refractivity (Wildman–Crippen MR) is 178 cm³/mol. The van der Waals surface area contributed by atoms with Gasteiger partial charge in [0, 0.05) is 20.3 Å². The van der Waals surface area contributed by atoms with E-state index in [9.17, 15) is 0 Å². The van der Waals surface area contributed by atoms with Gasteiger partial charge in [0.2, 0.25) is 0 Å². The first-order valence-corrected chi connectivity index (χ1v) is 21.5. The number of hydrogen-bond acceptors (Lipinski definition) is 14. The van der Waals surface area contributed by atoms with E-state index in [1.165, 1.54) is 30.8 Å². The van der Waals surface area contributed by atoms with Crippen LogP contribution in [0.5, 0.6) is 0 Å². The van der Waals surface area contributed by atoms with Crippen molar-refractivity contribution in [3.05, 3.63) is 0 Å². The summed E-state index contributed by atoms with van der Waals surface area (Å²) in [6.07, 6.45) is 3.83. The van der Waals surface area contributed by atoms with E-state index in [1.54, 1.807) is 0 Å². The number of rotatable bonds is 14. The van der Waals surface area contributed by atoms with Crippen molar-refractivity contribution >= 4 is 168 Å². The largest absolute Gasteiger partial charge is 0.168 e. The molecule has 0 nitrogen and oxygen atoms in total. The second kappa shape index (κ2) is 19.1. The molecule has 2 fully saturated rings. The van der Waals surface area contributed by atoms with Crippen LogP contribution in [0.15, 0.2) is 0 Å². The molecule has 2 saturated heterocycles. The van der Waals surface area contributed by atoms with E-state index in [2.05, 4.69) is 121 Å². The Morgan fingerprint density at radius 2 is 1.17 bits per heavy atom. The van der Waals surface area contributed by atoms with Crippen LogP contribution < -0.4 is 0 Å². The molecule has 2 aliphatic rings. The summed E-state index contributed by atoms with van der Waals surface area (Å²) < 4.78 is 3.90. The van der Waals surface area contributed by atoms with Crippen molar-refractivity contribution in [2.45, 2.75) is 45.4 Å². The smallest absolute Gasteiger partial charge is 0.0978 e. The molecule has 172 valence electrons. The highest BCUT2D eigenvalue weighted by Gasteiger charge is 2.32. The van der Waals surface area contributed by atoms with Crippen LogP contribution in [0.4, 0.5) is 0 Å². The minimum Gasteiger partial charge on any atom is -0.168 e. The van der Waals surface area contributed by atoms with Crippen molar-refractivity contribution in [1.82, 2.24) is 0 Å². The van der Waals surface area contributed by atoms with E-state index >= 15 is 0 Å². The molecule has 2 aliphatic heterocycles. The second-order valence-electron chi connectivity index (χ2n) is 5.58. The SMILES string of the molecule is SCSC(CC(SC1SCCC(SCS)S1)SC1SCCC(SCS)S1)SCS. The maximum absolute atomic E-state index is 4.48.